The molecule has 0 amide bonds. The molecule has 1 aromatic heterocycles. The summed E-state index contributed by atoms with van der Waals surface area (Å²) in [6.07, 6.45) is -0.0567. The summed E-state index contributed by atoms with van der Waals surface area (Å²) in [7, 11) is 1.50. The van der Waals surface area contributed by atoms with Gasteiger partial charge in [0.05, 0.1) is 18.0 Å². The van der Waals surface area contributed by atoms with Gasteiger partial charge < -0.3 is 16.2 Å². The first-order valence-corrected chi connectivity index (χ1v) is 9.36. The fourth-order valence-corrected chi connectivity index (χ4v) is 3.98. The van der Waals surface area contributed by atoms with E-state index in [2.05, 4.69) is 10.7 Å². The SMILES string of the molecule is CN.NC1CC(N2Cc3nc(C=O)n(C(F)F)c3C2)CO[C@@H]1c1cc(F)ccc1F. The molecule has 0 bridgehead atoms. The maximum atomic E-state index is 14.0. The van der Waals surface area contributed by atoms with Crippen molar-refractivity contribution in [2.45, 2.75) is 44.2 Å². The molecule has 2 unspecified atom stereocenters. The largest absolute Gasteiger partial charge is 0.370 e. The van der Waals surface area contributed by atoms with Gasteiger partial charge in [0.15, 0.2) is 12.1 Å². The highest BCUT2D eigenvalue weighted by atomic mass is 19.3. The van der Waals surface area contributed by atoms with E-state index in [0.29, 0.717) is 28.7 Å². The van der Waals surface area contributed by atoms with E-state index in [0.717, 1.165) is 18.2 Å². The van der Waals surface area contributed by atoms with Crippen molar-refractivity contribution in [3.05, 3.63) is 52.6 Å². The molecule has 4 rings (SSSR count). The molecule has 30 heavy (non-hydrogen) atoms. The number of rotatable bonds is 4. The molecule has 0 aliphatic carbocycles. The summed E-state index contributed by atoms with van der Waals surface area (Å²) in [5, 5.41) is 0. The first-order valence-electron chi connectivity index (χ1n) is 9.36. The highest BCUT2D eigenvalue weighted by molar-refractivity contribution is 5.70. The van der Waals surface area contributed by atoms with Crippen LogP contribution in [0.15, 0.2) is 18.2 Å². The van der Waals surface area contributed by atoms with Crippen LogP contribution in [0, 0.1) is 11.6 Å². The average molecular weight is 429 g/mol. The Bertz CT molecular complexity index is 907. The number of halogens is 4. The van der Waals surface area contributed by atoms with Gasteiger partial charge in [-0.1, -0.05) is 0 Å². The maximum absolute atomic E-state index is 14.0. The van der Waals surface area contributed by atoms with Gasteiger partial charge in [0, 0.05) is 30.7 Å². The molecule has 0 radical (unpaired) electrons. The highest BCUT2D eigenvalue weighted by Gasteiger charge is 2.38. The zero-order chi connectivity index (χ0) is 22.0. The van der Waals surface area contributed by atoms with Crippen LogP contribution in [0.4, 0.5) is 17.6 Å². The van der Waals surface area contributed by atoms with Crippen molar-refractivity contribution in [3.63, 3.8) is 0 Å². The summed E-state index contributed by atoms with van der Waals surface area (Å²) >= 11 is 0. The van der Waals surface area contributed by atoms with Crippen LogP contribution < -0.4 is 11.5 Å². The molecule has 3 atom stereocenters. The first-order chi connectivity index (χ1) is 14.4. The fraction of sp³-hybridized carbons (Fsp3) is 0.474. The molecule has 164 valence electrons. The van der Waals surface area contributed by atoms with E-state index in [1.165, 1.54) is 7.05 Å². The second kappa shape index (κ2) is 9.21. The Morgan fingerprint density at radius 2 is 2.00 bits per heavy atom. The van der Waals surface area contributed by atoms with Crippen molar-refractivity contribution in [1.29, 1.82) is 0 Å². The number of imidazole rings is 1. The number of nitrogens with zero attached hydrogens (tertiary/aromatic N) is 3. The Morgan fingerprint density at radius 1 is 1.27 bits per heavy atom. The van der Waals surface area contributed by atoms with Gasteiger partial charge in [-0.3, -0.25) is 14.3 Å². The van der Waals surface area contributed by atoms with E-state index < -0.39 is 30.3 Å². The summed E-state index contributed by atoms with van der Waals surface area (Å²) in [4.78, 5) is 16.8. The van der Waals surface area contributed by atoms with Gasteiger partial charge in [-0.15, -0.1) is 0 Å². The number of hydrogen-bond acceptors (Lipinski definition) is 6. The standard InChI is InChI=1S/C18H18F4N4O2.CH5N/c19-9-1-2-12(20)11(3-9)17-13(23)4-10(8-28-17)25-5-14-15(6-25)26(18(21)22)16(7-27)24-14;1-2/h1-3,7,10,13,17-18H,4-6,8,23H2;2H2,1H3/t10?,13?,17-;/m1./s1. The Balaban J connectivity index is 0.00000124. The van der Waals surface area contributed by atoms with Crippen LogP contribution in [0.5, 0.6) is 0 Å². The van der Waals surface area contributed by atoms with Gasteiger partial charge in [-0.25, -0.2) is 13.8 Å². The van der Waals surface area contributed by atoms with Crippen molar-refractivity contribution in [3.8, 4) is 0 Å². The number of carbonyl (C=O) groups excluding carboxylic acids is 1. The summed E-state index contributed by atoms with van der Waals surface area (Å²) in [5.74, 6) is -1.46. The summed E-state index contributed by atoms with van der Waals surface area (Å²) < 4.78 is 60.4. The van der Waals surface area contributed by atoms with Crippen LogP contribution in [0.1, 0.15) is 46.6 Å². The van der Waals surface area contributed by atoms with E-state index in [1.54, 1.807) is 0 Å². The summed E-state index contributed by atoms with van der Waals surface area (Å²) in [5.41, 5.74) is 11.5. The number of aldehydes is 1. The van der Waals surface area contributed by atoms with Gasteiger partial charge >= 0.3 is 6.55 Å². The van der Waals surface area contributed by atoms with Crippen molar-refractivity contribution >= 4 is 6.29 Å². The molecule has 1 fully saturated rings. The third-order valence-electron chi connectivity index (χ3n) is 5.31. The minimum absolute atomic E-state index is 0.0668. The first kappa shape index (κ1) is 22.3. The van der Waals surface area contributed by atoms with Crippen LogP contribution in [0.25, 0.3) is 0 Å². The smallest absolute Gasteiger partial charge is 0.320 e. The van der Waals surface area contributed by atoms with Crippen molar-refractivity contribution in [1.82, 2.24) is 14.5 Å². The quantitative estimate of drug-likeness (QED) is 0.571. The van der Waals surface area contributed by atoms with Crippen LogP contribution >= 0.6 is 0 Å². The minimum Gasteiger partial charge on any atom is -0.370 e. The number of nitrogens with two attached hydrogens (primary N) is 2. The Kier molecular flexibility index (Phi) is 6.86. The number of ether oxygens (including phenoxy) is 1. The Labute approximate surface area is 170 Å². The van der Waals surface area contributed by atoms with Gasteiger partial charge in [0.2, 0.25) is 0 Å². The van der Waals surface area contributed by atoms with E-state index in [4.69, 9.17) is 10.5 Å². The Morgan fingerprint density at radius 3 is 2.63 bits per heavy atom. The van der Waals surface area contributed by atoms with E-state index >= 15 is 0 Å². The van der Waals surface area contributed by atoms with Gasteiger partial charge in [0.1, 0.15) is 17.7 Å². The molecule has 2 aromatic rings. The lowest BCUT2D eigenvalue weighted by Crippen LogP contribution is -2.48. The third kappa shape index (κ3) is 4.10. The maximum Gasteiger partial charge on any atom is 0.320 e. The molecule has 0 spiro atoms. The molecular weight excluding hydrogens is 406 g/mol. The highest BCUT2D eigenvalue weighted by Crippen LogP contribution is 2.35. The number of benzene rings is 1. The van der Waals surface area contributed by atoms with Crippen LogP contribution in [-0.2, 0) is 17.8 Å². The second-order valence-corrected chi connectivity index (χ2v) is 7.01. The summed E-state index contributed by atoms with van der Waals surface area (Å²) in [6.45, 7) is -2.20. The molecular formula is C19H23F4N5O2. The van der Waals surface area contributed by atoms with Crippen LogP contribution in [0.2, 0.25) is 0 Å². The zero-order valence-electron chi connectivity index (χ0n) is 16.3. The van der Waals surface area contributed by atoms with Crippen molar-refractivity contribution < 1.29 is 27.1 Å². The molecule has 3 heterocycles. The lowest BCUT2D eigenvalue weighted by atomic mass is 9.93. The molecule has 0 saturated carbocycles. The van der Waals surface area contributed by atoms with E-state index in [-0.39, 0.29) is 37.1 Å². The predicted octanol–water partition coefficient (Wildman–Crippen LogP) is 2.12. The zero-order valence-corrected chi connectivity index (χ0v) is 16.3. The molecule has 2 aliphatic rings. The number of carbonyl (C=O) groups is 1. The normalized spacial score (nSPS) is 23.8. The average Bonchev–Trinajstić information content (AvgIpc) is 3.28. The molecule has 1 saturated heterocycles. The van der Waals surface area contributed by atoms with E-state index in [9.17, 15) is 22.4 Å². The molecule has 7 nitrogen and oxygen atoms in total. The topological polar surface area (TPSA) is 99.4 Å². The van der Waals surface area contributed by atoms with Gasteiger partial charge in [0.25, 0.3) is 0 Å². The van der Waals surface area contributed by atoms with E-state index in [1.807, 2.05) is 4.90 Å². The number of hydrogen-bond donors (Lipinski definition) is 2. The minimum atomic E-state index is -2.86. The van der Waals surface area contributed by atoms with Crippen molar-refractivity contribution in [2.24, 2.45) is 11.5 Å². The van der Waals surface area contributed by atoms with Crippen LogP contribution in [-0.4, -0.2) is 46.5 Å². The molecule has 2 aliphatic heterocycles. The van der Waals surface area contributed by atoms with Crippen molar-refractivity contribution in [2.75, 3.05) is 13.7 Å². The molecule has 11 heteroatoms. The molecule has 4 N–H and O–H groups in total. The lowest BCUT2D eigenvalue weighted by molar-refractivity contribution is -0.0539. The van der Waals surface area contributed by atoms with Gasteiger partial charge in [-0.2, -0.15) is 8.78 Å². The summed E-state index contributed by atoms with van der Waals surface area (Å²) in [6, 6.07) is 2.34. The predicted molar refractivity (Wildman–Crippen MR) is 99.7 cm³/mol. The van der Waals surface area contributed by atoms with Gasteiger partial charge in [-0.05, 0) is 31.7 Å². The fourth-order valence-electron chi connectivity index (χ4n) is 3.98. The third-order valence-corrected chi connectivity index (χ3v) is 5.31. The lowest BCUT2D eigenvalue weighted by Gasteiger charge is -2.38. The number of fused-ring (bicyclic) bond motifs is 1. The number of aromatic nitrogens is 2. The van der Waals surface area contributed by atoms with Crippen LogP contribution in [0.3, 0.4) is 0 Å². The Hall–Kier alpha value is -2.34. The number of alkyl halides is 2. The monoisotopic (exact) mass is 429 g/mol. The second-order valence-electron chi connectivity index (χ2n) is 7.01. The molecule has 1 aromatic carbocycles.